The SMILES string of the molecule is Cc1cccc(N(CC(=O)Nc2ccc3nc(C(C)O)[nH]c3c2)S(C)(=O)=O)c1. The van der Waals surface area contributed by atoms with E-state index in [9.17, 15) is 18.3 Å². The average molecular weight is 402 g/mol. The minimum atomic E-state index is -3.63. The lowest BCUT2D eigenvalue weighted by Gasteiger charge is -2.22. The molecular weight excluding hydrogens is 380 g/mol. The highest BCUT2D eigenvalue weighted by Crippen LogP contribution is 2.21. The largest absolute Gasteiger partial charge is 0.385 e. The van der Waals surface area contributed by atoms with Gasteiger partial charge in [0.1, 0.15) is 18.5 Å². The maximum absolute atomic E-state index is 12.5. The van der Waals surface area contributed by atoms with Gasteiger partial charge < -0.3 is 15.4 Å². The number of fused-ring (bicyclic) bond motifs is 1. The summed E-state index contributed by atoms with van der Waals surface area (Å²) in [4.78, 5) is 19.7. The van der Waals surface area contributed by atoms with Crippen molar-refractivity contribution in [2.24, 2.45) is 0 Å². The lowest BCUT2D eigenvalue weighted by atomic mass is 10.2. The Labute approximate surface area is 163 Å². The number of hydrogen-bond donors (Lipinski definition) is 3. The molecule has 3 N–H and O–H groups in total. The van der Waals surface area contributed by atoms with Crippen molar-refractivity contribution in [3.05, 3.63) is 53.9 Å². The molecule has 0 aliphatic rings. The monoisotopic (exact) mass is 402 g/mol. The number of aliphatic hydroxyl groups excluding tert-OH is 1. The first kappa shape index (κ1) is 19.8. The number of aliphatic hydroxyl groups is 1. The van der Waals surface area contributed by atoms with Crippen LogP contribution in [-0.4, -0.2) is 42.2 Å². The Bertz CT molecular complexity index is 1120. The summed E-state index contributed by atoms with van der Waals surface area (Å²) >= 11 is 0. The molecule has 1 aromatic heterocycles. The number of hydrogen-bond acceptors (Lipinski definition) is 5. The smallest absolute Gasteiger partial charge is 0.245 e. The highest BCUT2D eigenvalue weighted by Gasteiger charge is 2.21. The zero-order chi connectivity index (χ0) is 20.5. The molecule has 1 atom stereocenters. The van der Waals surface area contributed by atoms with Crippen molar-refractivity contribution in [2.75, 3.05) is 22.4 Å². The molecule has 0 radical (unpaired) electrons. The molecule has 0 spiro atoms. The van der Waals surface area contributed by atoms with Gasteiger partial charge in [0.15, 0.2) is 0 Å². The van der Waals surface area contributed by atoms with Gasteiger partial charge in [-0.1, -0.05) is 12.1 Å². The maximum Gasteiger partial charge on any atom is 0.245 e. The van der Waals surface area contributed by atoms with Gasteiger partial charge in [-0.3, -0.25) is 9.10 Å². The lowest BCUT2D eigenvalue weighted by molar-refractivity contribution is -0.114. The van der Waals surface area contributed by atoms with Crippen LogP contribution in [0.3, 0.4) is 0 Å². The Hall–Kier alpha value is -2.91. The molecule has 28 heavy (non-hydrogen) atoms. The Kier molecular flexibility index (Phi) is 5.39. The molecule has 0 aliphatic heterocycles. The van der Waals surface area contributed by atoms with Crippen molar-refractivity contribution < 1.29 is 18.3 Å². The molecular formula is C19H22N4O4S. The normalized spacial score (nSPS) is 12.7. The number of aromatic nitrogens is 2. The maximum atomic E-state index is 12.5. The zero-order valence-corrected chi connectivity index (χ0v) is 16.6. The van der Waals surface area contributed by atoms with Gasteiger partial charge in [-0.25, -0.2) is 13.4 Å². The molecule has 0 bridgehead atoms. The van der Waals surface area contributed by atoms with E-state index < -0.39 is 22.0 Å². The first-order chi connectivity index (χ1) is 13.1. The number of aromatic amines is 1. The number of anilines is 2. The molecule has 8 nitrogen and oxygen atoms in total. The summed E-state index contributed by atoms with van der Waals surface area (Å²) < 4.78 is 25.4. The molecule has 1 heterocycles. The van der Waals surface area contributed by atoms with Gasteiger partial charge in [0, 0.05) is 5.69 Å². The van der Waals surface area contributed by atoms with Crippen LogP contribution >= 0.6 is 0 Å². The molecule has 148 valence electrons. The summed E-state index contributed by atoms with van der Waals surface area (Å²) in [6.45, 7) is 3.11. The number of H-pyrrole nitrogens is 1. The van der Waals surface area contributed by atoms with Crippen molar-refractivity contribution >= 4 is 38.3 Å². The number of rotatable bonds is 6. The second-order valence-corrected chi connectivity index (χ2v) is 8.59. The summed E-state index contributed by atoms with van der Waals surface area (Å²) in [5.74, 6) is -0.0391. The minimum Gasteiger partial charge on any atom is -0.385 e. The van der Waals surface area contributed by atoms with E-state index in [0.29, 0.717) is 28.2 Å². The topological polar surface area (TPSA) is 115 Å². The second kappa shape index (κ2) is 7.61. The van der Waals surface area contributed by atoms with Gasteiger partial charge in [0.25, 0.3) is 0 Å². The summed E-state index contributed by atoms with van der Waals surface area (Å²) in [6, 6.07) is 12.0. The number of nitrogens with one attached hydrogen (secondary N) is 2. The fraction of sp³-hybridized carbons (Fsp3) is 0.263. The first-order valence-electron chi connectivity index (χ1n) is 8.65. The van der Waals surface area contributed by atoms with Crippen LogP contribution in [0.5, 0.6) is 0 Å². The number of aryl methyl sites for hydroxylation is 1. The van der Waals surface area contributed by atoms with E-state index in [0.717, 1.165) is 16.1 Å². The molecule has 3 rings (SSSR count). The standard InChI is InChI=1S/C19H22N4O4S/c1-12-5-4-6-15(9-12)23(28(3,26)27)11-18(25)20-14-7-8-16-17(10-14)22-19(21-16)13(2)24/h4-10,13,24H,11H2,1-3H3,(H,20,25)(H,21,22). The van der Waals surface area contributed by atoms with Crippen LogP contribution in [0, 0.1) is 6.92 Å². The predicted molar refractivity (Wildman–Crippen MR) is 109 cm³/mol. The molecule has 3 aromatic rings. The third-order valence-electron chi connectivity index (χ3n) is 4.16. The molecule has 2 aromatic carbocycles. The van der Waals surface area contributed by atoms with Gasteiger partial charge in [0.2, 0.25) is 15.9 Å². The number of carbonyl (C=O) groups is 1. The van der Waals surface area contributed by atoms with Crippen LogP contribution in [0.1, 0.15) is 24.4 Å². The van der Waals surface area contributed by atoms with E-state index >= 15 is 0 Å². The third kappa shape index (κ3) is 4.49. The first-order valence-corrected chi connectivity index (χ1v) is 10.5. The van der Waals surface area contributed by atoms with Crippen molar-refractivity contribution in [1.82, 2.24) is 9.97 Å². The average Bonchev–Trinajstić information content (AvgIpc) is 3.02. The molecule has 0 saturated carbocycles. The summed E-state index contributed by atoms with van der Waals surface area (Å²) in [6.07, 6.45) is 0.333. The van der Waals surface area contributed by atoms with Crippen LogP contribution in [-0.2, 0) is 14.8 Å². The number of amides is 1. The van der Waals surface area contributed by atoms with Crippen LogP contribution in [0.2, 0.25) is 0 Å². The number of carbonyl (C=O) groups excluding carboxylic acids is 1. The Morgan fingerprint density at radius 1 is 1.29 bits per heavy atom. The van der Waals surface area contributed by atoms with Crippen LogP contribution in [0.25, 0.3) is 11.0 Å². The van der Waals surface area contributed by atoms with Crippen molar-refractivity contribution in [3.63, 3.8) is 0 Å². The summed E-state index contributed by atoms with van der Waals surface area (Å²) in [7, 11) is -3.63. The van der Waals surface area contributed by atoms with Crippen LogP contribution < -0.4 is 9.62 Å². The van der Waals surface area contributed by atoms with Gasteiger partial charge in [-0.15, -0.1) is 0 Å². The quantitative estimate of drug-likeness (QED) is 0.585. The van der Waals surface area contributed by atoms with Crippen molar-refractivity contribution in [3.8, 4) is 0 Å². The molecule has 9 heteroatoms. The van der Waals surface area contributed by atoms with Crippen molar-refractivity contribution in [1.29, 1.82) is 0 Å². The number of sulfonamides is 1. The lowest BCUT2D eigenvalue weighted by Crippen LogP contribution is -2.37. The van der Waals surface area contributed by atoms with Gasteiger partial charge in [0.05, 0.1) is 23.0 Å². The molecule has 0 fully saturated rings. The fourth-order valence-corrected chi connectivity index (χ4v) is 3.67. The van der Waals surface area contributed by atoms with Crippen LogP contribution in [0.15, 0.2) is 42.5 Å². The van der Waals surface area contributed by atoms with Crippen LogP contribution in [0.4, 0.5) is 11.4 Å². The molecule has 1 amide bonds. The zero-order valence-electron chi connectivity index (χ0n) is 15.8. The van der Waals surface area contributed by atoms with Crippen molar-refractivity contribution in [2.45, 2.75) is 20.0 Å². The number of nitrogens with zero attached hydrogens (tertiary/aromatic N) is 2. The Morgan fingerprint density at radius 3 is 2.68 bits per heavy atom. The van der Waals surface area contributed by atoms with Gasteiger partial charge in [-0.05, 0) is 49.7 Å². The van der Waals surface area contributed by atoms with E-state index in [1.165, 1.54) is 0 Å². The fourth-order valence-electron chi connectivity index (χ4n) is 2.82. The molecule has 0 aliphatic carbocycles. The highest BCUT2D eigenvalue weighted by atomic mass is 32.2. The Morgan fingerprint density at radius 2 is 2.04 bits per heavy atom. The van der Waals surface area contributed by atoms with E-state index in [-0.39, 0.29) is 6.54 Å². The predicted octanol–water partition coefficient (Wildman–Crippen LogP) is 2.33. The minimum absolute atomic E-state index is 0.345. The summed E-state index contributed by atoms with van der Waals surface area (Å²) in [5, 5.41) is 12.3. The second-order valence-electron chi connectivity index (χ2n) is 6.69. The molecule has 0 saturated heterocycles. The van der Waals surface area contributed by atoms with E-state index in [4.69, 9.17) is 0 Å². The summed E-state index contributed by atoms with van der Waals surface area (Å²) in [5.41, 5.74) is 3.14. The Balaban J connectivity index is 1.80. The van der Waals surface area contributed by atoms with Gasteiger partial charge >= 0.3 is 0 Å². The number of benzene rings is 2. The van der Waals surface area contributed by atoms with E-state index in [1.807, 2.05) is 13.0 Å². The van der Waals surface area contributed by atoms with E-state index in [2.05, 4.69) is 15.3 Å². The van der Waals surface area contributed by atoms with E-state index in [1.54, 1.807) is 43.3 Å². The van der Waals surface area contributed by atoms with Gasteiger partial charge in [-0.2, -0.15) is 0 Å². The molecule has 1 unspecified atom stereocenters. The number of imidazole rings is 1. The third-order valence-corrected chi connectivity index (χ3v) is 5.30. The highest BCUT2D eigenvalue weighted by molar-refractivity contribution is 7.92.